The van der Waals surface area contributed by atoms with E-state index in [0.29, 0.717) is 17.0 Å². The van der Waals surface area contributed by atoms with E-state index in [0.717, 1.165) is 0 Å². The second-order valence-electron chi connectivity index (χ2n) is 10.2. The zero-order valence-corrected chi connectivity index (χ0v) is 24.0. The van der Waals surface area contributed by atoms with Gasteiger partial charge in [-0.15, -0.1) is 0 Å². The Labute approximate surface area is 244 Å². The molecule has 4 amide bonds. The highest BCUT2D eigenvalue weighted by atomic mass is 16.5. The highest BCUT2D eigenvalue weighted by Crippen LogP contribution is 2.14. The van der Waals surface area contributed by atoms with Gasteiger partial charge in [-0.05, 0) is 61.2 Å². The zero-order chi connectivity index (χ0) is 30.6. The Hall–Kier alpha value is -4.93. The second-order valence-corrected chi connectivity index (χ2v) is 10.2. The molecule has 1 aromatic heterocycles. The third-order valence-corrected chi connectivity index (χ3v) is 6.31. The molecule has 3 rings (SSSR count). The van der Waals surface area contributed by atoms with E-state index in [2.05, 4.69) is 21.3 Å². The van der Waals surface area contributed by atoms with Crippen LogP contribution < -0.4 is 26.0 Å². The predicted octanol–water partition coefficient (Wildman–Crippen LogP) is 2.87. The SMILES string of the molecule is COc1ccc(C[C@H](NC(=O)[C@H](C)NC(=O)c2ccco2)C(=O)N[C@@H](CC(C)C)C(=O)C(=O)Nc2ccccc2)cc1. The number of furan rings is 1. The number of anilines is 1. The van der Waals surface area contributed by atoms with E-state index in [4.69, 9.17) is 9.15 Å². The standard InChI is InChI=1S/C31H36N4O7/c1-19(2)17-24(27(36)31(40)33-22-9-6-5-7-10-22)34-29(38)25(18-21-12-14-23(41-4)15-13-21)35-28(37)20(3)32-30(39)26-11-8-16-42-26/h5-16,19-20,24-25H,17-18H2,1-4H3,(H,32,39)(H,33,40)(H,34,38)(H,35,37)/t20-,24-,25-/m0/s1. The highest BCUT2D eigenvalue weighted by Gasteiger charge is 2.32. The summed E-state index contributed by atoms with van der Waals surface area (Å²) in [7, 11) is 1.53. The van der Waals surface area contributed by atoms with Crippen molar-refractivity contribution in [2.45, 2.75) is 51.7 Å². The van der Waals surface area contributed by atoms with Gasteiger partial charge < -0.3 is 30.4 Å². The first-order valence-electron chi connectivity index (χ1n) is 13.6. The van der Waals surface area contributed by atoms with Crippen LogP contribution in [0.25, 0.3) is 0 Å². The van der Waals surface area contributed by atoms with Crippen LogP contribution in [0.1, 0.15) is 43.3 Å². The minimum absolute atomic E-state index is 0.0322. The largest absolute Gasteiger partial charge is 0.497 e. The van der Waals surface area contributed by atoms with E-state index in [1.54, 1.807) is 60.7 Å². The van der Waals surface area contributed by atoms with Crippen LogP contribution in [-0.4, -0.2) is 54.6 Å². The molecule has 0 unspecified atom stereocenters. The van der Waals surface area contributed by atoms with Crippen LogP contribution in [-0.2, 0) is 25.6 Å². The summed E-state index contributed by atoms with van der Waals surface area (Å²) in [5, 5.41) is 10.4. The van der Waals surface area contributed by atoms with E-state index in [-0.39, 0.29) is 24.5 Å². The first-order chi connectivity index (χ1) is 20.1. The van der Waals surface area contributed by atoms with Crippen LogP contribution in [0.3, 0.4) is 0 Å². The topological polar surface area (TPSA) is 156 Å². The Morgan fingerprint density at radius 2 is 1.45 bits per heavy atom. The van der Waals surface area contributed by atoms with Gasteiger partial charge in [0.1, 0.15) is 17.8 Å². The predicted molar refractivity (Wildman–Crippen MR) is 156 cm³/mol. The summed E-state index contributed by atoms with van der Waals surface area (Å²) in [6.07, 6.45) is 1.61. The number of benzene rings is 2. The van der Waals surface area contributed by atoms with E-state index in [9.17, 15) is 24.0 Å². The van der Waals surface area contributed by atoms with Gasteiger partial charge in [-0.1, -0.05) is 44.2 Å². The summed E-state index contributed by atoms with van der Waals surface area (Å²) in [4.78, 5) is 64.9. The van der Waals surface area contributed by atoms with Crippen molar-refractivity contribution >= 4 is 35.1 Å². The zero-order valence-electron chi connectivity index (χ0n) is 24.0. The molecule has 3 aromatic rings. The third-order valence-electron chi connectivity index (χ3n) is 6.31. The van der Waals surface area contributed by atoms with Crippen LogP contribution in [0.15, 0.2) is 77.4 Å². The number of para-hydroxylation sites is 1. The number of ketones is 1. The molecule has 11 nitrogen and oxygen atoms in total. The van der Waals surface area contributed by atoms with E-state index < -0.39 is 47.5 Å². The van der Waals surface area contributed by atoms with Crippen molar-refractivity contribution in [3.05, 3.63) is 84.3 Å². The molecule has 0 spiro atoms. The molecular weight excluding hydrogens is 540 g/mol. The van der Waals surface area contributed by atoms with Crippen LogP contribution in [0.4, 0.5) is 5.69 Å². The molecule has 0 aliphatic rings. The molecular formula is C31H36N4O7. The van der Waals surface area contributed by atoms with Gasteiger partial charge >= 0.3 is 0 Å². The Morgan fingerprint density at radius 3 is 2.05 bits per heavy atom. The lowest BCUT2D eigenvalue weighted by Crippen LogP contribution is -2.56. The van der Waals surface area contributed by atoms with Gasteiger partial charge in [0.2, 0.25) is 17.6 Å². The molecule has 42 heavy (non-hydrogen) atoms. The Kier molecular flexibility index (Phi) is 11.4. The summed E-state index contributed by atoms with van der Waals surface area (Å²) in [6.45, 7) is 5.20. The van der Waals surface area contributed by atoms with Crippen LogP contribution in [0.5, 0.6) is 5.75 Å². The number of carbonyl (C=O) groups excluding carboxylic acids is 5. The molecule has 0 radical (unpaired) electrons. The van der Waals surface area contributed by atoms with Crippen molar-refractivity contribution in [3.8, 4) is 5.75 Å². The maximum Gasteiger partial charge on any atom is 0.293 e. The van der Waals surface area contributed by atoms with Gasteiger partial charge in [-0.2, -0.15) is 0 Å². The number of carbonyl (C=O) groups is 5. The molecule has 222 valence electrons. The summed E-state index contributed by atoms with van der Waals surface area (Å²) < 4.78 is 10.3. The van der Waals surface area contributed by atoms with Gasteiger partial charge in [-0.3, -0.25) is 24.0 Å². The molecule has 4 N–H and O–H groups in total. The van der Waals surface area contributed by atoms with Crippen molar-refractivity contribution in [1.29, 1.82) is 0 Å². The summed E-state index contributed by atoms with van der Waals surface area (Å²) >= 11 is 0. The van der Waals surface area contributed by atoms with Crippen molar-refractivity contribution in [3.63, 3.8) is 0 Å². The molecule has 0 aliphatic carbocycles. The highest BCUT2D eigenvalue weighted by molar-refractivity contribution is 6.42. The fraction of sp³-hybridized carbons (Fsp3) is 0.323. The number of rotatable bonds is 14. The molecule has 2 aromatic carbocycles. The number of Topliss-reactive ketones (excluding diaryl/α,β-unsaturated/α-hetero) is 1. The fourth-order valence-electron chi connectivity index (χ4n) is 4.09. The van der Waals surface area contributed by atoms with Crippen molar-refractivity contribution in [1.82, 2.24) is 16.0 Å². The lowest BCUT2D eigenvalue weighted by molar-refractivity contribution is -0.138. The molecule has 0 aliphatic heterocycles. The fourth-order valence-corrected chi connectivity index (χ4v) is 4.09. The maximum absolute atomic E-state index is 13.6. The first-order valence-corrected chi connectivity index (χ1v) is 13.6. The average Bonchev–Trinajstić information content (AvgIpc) is 3.52. The number of methoxy groups -OCH3 is 1. The molecule has 11 heteroatoms. The Morgan fingerprint density at radius 1 is 0.786 bits per heavy atom. The van der Waals surface area contributed by atoms with E-state index in [1.807, 2.05) is 13.8 Å². The van der Waals surface area contributed by atoms with Crippen LogP contribution in [0.2, 0.25) is 0 Å². The quantitative estimate of drug-likeness (QED) is 0.215. The first kappa shape index (κ1) is 31.6. The number of hydrogen-bond acceptors (Lipinski definition) is 7. The average molecular weight is 577 g/mol. The minimum atomic E-state index is -1.13. The van der Waals surface area contributed by atoms with E-state index >= 15 is 0 Å². The number of nitrogens with one attached hydrogen (secondary N) is 4. The normalized spacial score (nSPS) is 12.9. The lowest BCUT2D eigenvalue weighted by atomic mass is 9.98. The summed E-state index contributed by atoms with van der Waals surface area (Å²) in [5.74, 6) is -2.93. The minimum Gasteiger partial charge on any atom is -0.497 e. The second kappa shape index (κ2) is 15.2. The number of hydrogen-bond donors (Lipinski definition) is 4. The van der Waals surface area contributed by atoms with Gasteiger partial charge in [0.15, 0.2) is 5.76 Å². The number of amides is 4. The van der Waals surface area contributed by atoms with Gasteiger partial charge in [0, 0.05) is 12.1 Å². The van der Waals surface area contributed by atoms with Crippen LogP contribution >= 0.6 is 0 Å². The van der Waals surface area contributed by atoms with Gasteiger partial charge in [0.25, 0.3) is 11.8 Å². The molecule has 3 atom stereocenters. The van der Waals surface area contributed by atoms with E-state index in [1.165, 1.54) is 26.4 Å². The van der Waals surface area contributed by atoms with Crippen molar-refractivity contribution in [2.24, 2.45) is 5.92 Å². The summed E-state index contributed by atoms with van der Waals surface area (Å²) in [6, 6.07) is 15.2. The Bertz CT molecular complexity index is 1360. The lowest BCUT2D eigenvalue weighted by Gasteiger charge is -2.25. The van der Waals surface area contributed by atoms with Gasteiger partial charge in [0.05, 0.1) is 19.4 Å². The monoisotopic (exact) mass is 576 g/mol. The molecule has 0 bridgehead atoms. The maximum atomic E-state index is 13.6. The number of ether oxygens (including phenoxy) is 1. The molecule has 1 heterocycles. The molecule has 0 saturated heterocycles. The van der Waals surface area contributed by atoms with Crippen molar-refractivity contribution in [2.75, 3.05) is 12.4 Å². The Balaban J connectivity index is 1.77. The van der Waals surface area contributed by atoms with Crippen LogP contribution in [0, 0.1) is 5.92 Å². The smallest absolute Gasteiger partial charge is 0.293 e. The molecule has 0 saturated carbocycles. The van der Waals surface area contributed by atoms with Gasteiger partial charge in [-0.25, -0.2) is 0 Å². The third kappa shape index (κ3) is 9.33. The van der Waals surface area contributed by atoms with Crippen molar-refractivity contribution < 1.29 is 33.1 Å². The molecule has 0 fully saturated rings. The summed E-state index contributed by atoms with van der Waals surface area (Å²) in [5.41, 5.74) is 1.15.